The molecule has 8 nitrogen and oxygen atoms in total. The number of hydrogen-bond acceptors (Lipinski definition) is 7. The molecule has 0 atom stereocenters. The van der Waals surface area contributed by atoms with Crippen molar-refractivity contribution in [2.75, 3.05) is 5.43 Å². The van der Waals surface area contributed by atoms with Gasteiger partial charge < -0.3 is 0 Å². The van der Waals surface area contributed by atoms with Crippen molar-refractivity contribution in [2.24, 2.45) is 5.10 Å². The molecular formula is C16H13N5O3S. The first-order valence-corrected chi connectivity index (χ1v) is 8.58. The molecule has 0 spiro atoms. The summed E-state index contributed by atoms with van der Waals surface area (Å²) >= 11 is 0. The molecule has 25 heavy (non-hydrogen) atoms. The van der Waals surface area contributed by atoms with Gasteiger partial charge in [-0.2, -0.15) is 13.5 Å². The quantitative estimate of drug-likeness (QED) is 0.408. The van der Waals surface area contributed by atoms with Crippen LogP contribution in [-0.2, 0) is 10.1 Å². The molecule has 2 heterocycles. The van der Waals surface area contributed by atoms with E-state index in [1.165, 1.54) is 18.2 Å². The van der Waals surface area contributed by atoms with Crippen LogP contribution in [0.25, 0.3) is 0 Å². The van der Waals surface area contributed by atoms with Gasteiger partial charge in [-0.05, 0) is 30.3 Å². The van der Waals surface area contributed by atoms with E-state index < -0.39 is 10.1 Å². The minimum Gasteiger partial charge on any atom is -0.282 e. The molecule has 0 fully saturated rings. The number of pyridine rings is 1. The fourth-order valence-electron chi connectivity index (χ4n) is 2.04. The van der Waals surface area contributed by atoms with Crippen LogP contribution in [0.1, 0.15) is 11.3 Å². The maximum Gasteiger partial charge on any atom is 0.294 e. The Morgan fingerprint density at radius 2 is 1.72 bits per heavy atom. The van der Waals surface area contributed by atoms with Crippen molar-refractivity contribution in [3.8, 4) is 0 Å². The maximum absolute atomic E-state index is 11.4. The first-order chi connectivity index (χ1) is 12.0. The van der Waals surface area contributed by atoms with Gasteiger partial charge in [0.2, 0.25) is 5.95 Å². The summed E-state index contributed by atoms with van der Waals surface area (Å²) in [4.78, 5) is 12.0. The highest BCUT2D eigenvalue weighted by Gasteiger charge is 2.14. The van der Waals surface area contributed by atoms with E-state index in [1.807, 2.05) is 0 Å². The summed E-state index contributed by atoms with van der Waals surface area (Å²) in [7, 11) is -4.33. The van der Waals surface area contributed by atoms with Gasteiger partial charge in [0, 0.05) is 24.2 Å². The van der Waals surface area contributed by atoms with E-state index in [0.29, 0.717) is 17.0 Å². The number of anilines is 1. The van der Waals surface area contributed by atoms with Gasteiger partial charge >= 0.3 is 0 Å². The standard InChI is InChI=1S/C16H13N5O3S/c22-25(23,24)13-6-3-5-12(11-13)15(14-7-1-2-8-17-14)20-21-16-18-9-4-10-19-16/h1-11H,(H,18,19,21)(H,22,23,24). The van der Waals surface area contributed by atoms with Gasteiger partial charge in [0.1, 0.15) is 5.71 Å². The fraction of sp³-hybridized carbons (Fsp3) is 0. The second-order valence-corrected chi connectivity index (χ2v) is 6.28. The Kier molecular flexibility index (Phi) is 4.78. The number of nitrogens with one attached hydrogen (secondary N) is 1. The van der Waals surface area contributed by atoms with Gasteiger partial charge in [0.15, 0.2) is 0 Å². The normalized spacial score (nSPS) is 12.0. The molecule has 126 valence electrons. The Labute approximate surface area is 144 Å². The summed E-state index contributed by atoms with van der Waals surface area (Å²) in [6, 6.07) is 12.7. The predicted octanol–water partition coefficient (Wildman–Crippen LogP) is 1.98. The molecule has 0 bridgehead atoms. The predicted molar refractivity (Wildman–Crippen MR) is 91.8 cm³/mol. The lowest BCUT2D eigenvalue weighted by atomic mass is 10.1. The lowest BCUT2D eigenvalue weighted by molar-refractivity contribution is 0.483. The highest BCUT2D eigenvalue weighted by atomic mass is 32.2. The second kappa shape index (κ2) is 7.16. The number of hydrogen-bond donors (Lipinski definition) is 2. The Morgan fingerprint density at radius 3 is 2.40 bits per heavy atom. The molecule has 2 N–H and O–H groups in total. The second-order valence-electron chi connectivity index (χ2n) is 4.86. The van der Waals surface area contributed by atoms with Gasteiger partial charge in [-0.15, -0.1) is 0 Å². The summed E-state index contributed by atoms with van der Waals surface area (Å²) in [6.07, 6.45) is 4.71. The minimum absolute atomic E-state index is 0.232. The number of hydrazone groups is 1. The molecule has 0 saturated heterocycles. The van der Waals surface area contributed by atoms with Gasteiger partial charge in [-0.25, -0.2) is 15.4 Å². The molecule has 1 aromatic carbocycles. The molecular weight excluding hydrogens is 342 g/mol. The number of rotatable bonds is 5. The fourth-order valence-corrected chi connectivity index (χ4v) is 2.57. The van der Waals surface area contributed by atoms with Gasteiger partial charge in [0.25, 0.3) is 10.1 Å². The topological polar surface area (TPSA) is 117 Å². The van der Waals surface area contributed by atoms with Gasteiger partial charge in [-0.1, -0.05) is 18.2 Å². The molecule has 0 aliphatic rings. The van der Waals surface area contributed by atoms with Crippen LogP contribution in [0.5, 0.6) is 0 Å². The molecule has 9 heteroatoms. The van der Waals surface area contributed by atoms with Crippen molar-refractivity contribution in [1.29, 1.82) is 0 Å². The SMILES string of the molecule is O=S(=O)(O)c1cccc(C(=NNc2ncccn2)c2ccccn2)c1. The smallest absolute Gasteiger partial charge is 0.282 e. The Hall–Kier alpha value is -3.17. The first-order valence-electron chi connectivity index (χ1n) is 7.14. The molecule has 0 saturated carbocycles. The van der Waals surface area contributed by atoms with E-state index in [9.17, 15) is 13.0 Å². The Bertz CT molecular complexity index is 993. The van der Waals surface area contributed by atoms with Crippen LogP contribution in [0.4, 0.5) is 5.95 Å². The van der Waals surface area contributed by atoms with Crippen molar-refractivity contribution in [2.45, 2.75) is 4.90 Å². The third kappa shape index (κ3) is 4.22. The van der Waals surface area contributed by atoms with Crippen molar-refractivity contribution < 1.29 is 13.0 Å². The highest BCUT2D eigenvalue weighted by Crippen LogP contribution is 2.15. The molecule has 3 rings (SSSR count). The summed E-state index contributed by atoms with van der Waals surface area (Å²) in [6.45, 7) is 0. The molecule has 2 aromatic heterocycles. The monoisotopic (exact) mass is 355 g/mol. The van der Waals surface area contributed by atoms with Crippen LogP contribution in [0.15, 0.2) is 77.1 Å². The average Bonchev–Trinajstić information content (AvgIpc) is 2.63. The van der Waals surface area contributed by atoms with E-state index in [4.69, 9.17) is 0 Å². The largest absolute Gasteiger partial charge is 0.294 e. The highest BCUT2D eigenvalue weighted by molar-refractivity contribution is 7.85. The third-order valence-electron chi connectivity index (χ3n) is 3.15. The summed E-state index contributed by atoms with van der Waals surface area (Å²) in [5.41, 5.74) is 4.06. The molecule has 0 aliphatic carbocycles. The van der Waals surface area contributed by atoms with E-state index in [2.05, 4.69) is 25.5 Å². The van der Waals surface area contributed by atoms with Gasteiger partial charge in [0.05, 0.1) is 10.6 Å². The number of benzene rings is 1. The summed E-state index contributed by atoms with van der Waals surface area (Å²) in [5.74, 6) is 0.280. The Morgan fingerprint density at radius 1 is 0.960 bits per heavy atom. The van der Waals surface area contributed by atoms with E-state index in [0.717, 1.165) is 0 Å². The molecule has 0 aliphatic heterocycles. The van der Waals surface area contributed by atoms with E-state index >= 15 is 0 Å². The van der Waals surface area contributed by atoms with Crippen molar-refractivity contribution in [3.05, 3.63) is 78.4 Å². The molecule has 0 unspecified atom stereocenters. The van der Waals surface area contributed by atoms with Crippen LogP contribution in [0.2, 0.25) is 0 Å². The van der Waals surface area contributed by atoms with Crippen LogP contribution in [0, 0.1) is 0 Å². The molecule has 0 amide bonds. The minimum atomic E-state index is -4.33. The number of aromatic nitrogens is 3. The lowest BCUT2D eigenvalue weighted by Gasteiger charge is -2.08. The summed E-state index contributed by atoms with van der Waals surface area (Å²) < 4.78 is 32.0. The van der Waals surface area contributed by atoms with Crippen LogP contribution in [0.3, 0.4) is 0 Å². The number of nitrogens with zero attached hydrogens (tertiary/aromatic N) is 4. The van der Waals surface area contributed by atoms with Crippen molar-refractivity contribution >= 4 is 21.8 Å². The third-order valence-corrected chi connectivity index (χ3v) is 4.00. The van der Waals surface area contributed by atoms with Gasteiger partial charge in [-0.3, -0.25) is 9.54 Å². The van der Waals surface area contributed by atoms with Crippen LogP contribution < -0.4 is 5.43 Å². The zero-order valence-corrected chi connectivity index (χ0v) is 13.6. The molecule has 3 aromatic rings. The van der Waals surface area contributed by atoms with E-state index in [1.54, 1.807) is 48.9 Å². The Balaban J connectivity index is 2.06. The molecule has 0 radical (unpaired) electrons. The first kappa shape index (κ1) is 16.7. The van der Waals surface area contributed by atoms with Crippen LogP contribution in [-0.4, -0.2) is 33.6 Å². The van der Waals surface area contributed by atoms with Crippen molar-refractivity contribution in [1.82, 2.24) is 15.0 Å². The zero-order chi connectivity index (χ0) is 17.7. The average molecular weight is 355 g/mol. The van der Waals surface area contributed by atoms with E-state index in [-0.39, 0.29) is 10.8 Å². The zero-order valence-electron chi connectivity index (χ0n) is 12.8. The lowest BCUT2D eigenvalue weighted by Crippen LogP contribution is -2.10. The van der Waals surface area contributed by atoms with Crippen LogP contribution >= 0.6 is 0 Å². The van der Waals surface area contributed by atoms with Crippen molar-refractivity contribution in [3.63, 3.8) is 0 Å². The summed E-state index contributed by atoms with van der Waals surface area (Å²) in [5, 5.41) is 4.26. The maximum atomic E-state index is 11.4.